The van der Waals surface area contributed by atoms with Crippen LogP contribution in [-0.2, 0) is 0 Å². The highest BCUT2D eigenvalue weighted by atomic mass is 19.1. The van der Waals surface area contributed by atoms with E-state index < -0.39 is 16.4 Å². The lowest BCUT2D eigenvalue weighted by Gasteiger charge is -1.97. The summed E-state index contributed by atoms with van der Waals surface area (Å²) < 4.78 is 14.7. The predicted molar refractivity (Wildman–Crippen MR) is 67.4 cm³/mol. The van der Waals surface area contributed by atoms with Gasteiger partial charge in [-0.05, 0) is 24.6 Å². The first-order valence-electron chi connectivity index (χ1n) is 5.27. The Morgan fingerprint density at radius 2 is 2.32 bits per heavy atom. The number of nitrogens with zero attached hydrogens (tertiary/aromatic N) is 4. The van der Waals surface area contributed by atoms with E-state index in [2.05, 4.69) is 10.1 Å². The number of imidazole rings is 1. The molecule has 0 aliphatic carbocycles. The van der Waals surface area contributed by atoms with Crippen molar-refractivity contribution in [2.45, 2.75) is 6.92 Å². The second-order valence-electron chi connectivity index (χ2n) is 3.80. The number of aromatic nitrogens is 2. The Morgan fingerprint density at radius 3 is 2.84 bits per heavy atom. The van der Waals surface area contributed by atoms with Gasteiger partial charge in [-0.25, -0.2) is 9.66 Å². The molecule has 0 saturated carbocycles. The molecule has 0 fully saturated rings. The molecule has 98 valence electrons. The summed E-state index contributed by atoms with van der Waals surface area (Å²) in [6, 6.07) is 3.51. The minimum absolute atomic E-state index is 0.205. The van der Waals surface area contributed by atoms with Crippen molar-refractivity contribution in [2.75, 3.05) is 5.73 Å². The van der Waals surface area contributed by atoms with Crippen LogP contribution < -0.4 is 5.73 Å². The van der Waals surface area contributed by atoms with Crippen molar-refractivity contribution in [3.8, 4) is 0 Å². The van der Waals surface area contributed by atoms with Gasteiger partial charge in [-0.1, -0.05) is 0 Å². The number of halogens is 1. The van der Waals surface area contributed by atoms with Gasteiger partial charge in [0.1, 0.15) is 0 Å². The first kappa shape index (κ1) is 12.7. The van der Waals surface area contributed by atoms with Crippen molar-refractivity contribution in [2.24, 2.45) is 5.10 Å². The molecule has 8 heteroatoms. The van der Waals surface area contributed by atoms with Crippen LogP contribution in [0.1, 0.15) is 11.3 Å². The quantitative estimate of drug-likeness (QED) is 0.517. The van der Waals surface area contributed by atoms with E-state index in [0.717, 1.165) is 12.1 Å². The summed E-state index contributed by atoms with van der Waals surface area (Å²) >= 11 is 0. The molecule has 0 saturated heterocycles. The maximum absolute atomic E-state index is 13.4. The van der Waals surface area contributed by atoms with Gasteiger partial charge >= 0.3 is 5.69 Å². The fourth-order valence-electron chi connectivity index (χ4n) is 1.48. The molecular weight excluding hydrogens is 253 g/mol. The fourth-order valence-corrected chi connectivity index (χ4v) is 1.48. The molecule has 0 bridgehead atoms. The van der Waals surface area contributed by atoms with E-state index in [1.54, 1.807) is 13.1 Å². The summed E-state index contributed by atoms with van der Waals surface area (Å²) in [6.45, 7) is 1.76. The van der Waals surface area contributed by atoms with Crippen molar-refractivity contribution in [1.29, 1.82) is 0 Å². The third-order valence-electron chi connectivity index (χ3n) is 2.33. The highest BCUT2D eigenvalue weighted by Crippen LogP contribution is 2.17. The molecule has 19 heavy (non-hydrogen) atoms. The molecule has 0 atom stereocenters. The minimum Gasteiger partial charge on any atom is -0.368 e. The molecule has 1 heterocycles. The summed E-state index contributed by atoms with van der Waals surface area (Å²) in [4.78, 5) is 13.6. The molecule has 0 aliphatic rings. The number of hydrogen-bond donors (Lipinski definition) is 1. The van der Waals surface area contributed by atoms with Crippen LogP contribution in [0.3, 0.4) is 0 Å². The maximum Gasteiger partial charge on any atom is 0.304 e. The van der Waals surface area contributed by atoms with Crippen LogP contribution in [0.2, 0.25) is 0 Å². The third-order valence-corrected chi connectivity index (χ3v) is 2.33. The number of aryl methyl sites for hydroxylation is 1. The van der Waals surface area contributed by atoms with Crippen molar-refractivity contribution in [1.82, 2.24) is 9.66 Å². The number of nitro benzene ring substituents is 1. The van der Waals surface area contributed by atoms with Crippen molar-refractivity contribution in [3.05, 3.63) is 51.6 Å². The Balaban J connectivity index is 2.27. The lowest BCUT2D eigenvalue weighted by molar-refractivity contribution is -0.387. The first-order chi connectivity index (χ1) is 8.97. The number of nitrogen functional groups attached to an aromatic ring is 1. The number of benzene rings is 1. The number of rotatable bonds is 3. The molecule has 2 rings (SSSR count). The van der Waals surface area contributed by atoms with Crippen molar-refractivity contribution < 1.29 is 9.31 Å². The summed E-state index contributed by atoms with van der Waals surface area (Å²) in [5, 5.41) is 14.4. The predicted octanol–water partition coefficient (Wildman–Crippen LogP) is 1.70. The van der Waals surface area contributed by atoms with Gasteiger partial charge in [0.25, 0.3) is 0 Å². The molecule has 0 aliphatic heterocycles. The van der Waals surface area contributed by atoms with E-state index in [0.29, 0.717) is 11.3 Å². The van der Waals surface area contributed by atoms with Gasteiger partial charge in [0, 0.05) is 6.07 Å². The molecular formula is C11H10FN5O2. The van der Waals surface area contributed by atoms with Crippen molar-refractivity contribution in [3.63, 3.8) is 0 Å². The highest BCUT2D eigenvalue weighted by molar-refractivity contribution is 5.80. The van der Waals surface area contributed by atoms with Crippen LogP contribution in [0, 0.1) is 22.9 Å². The van der Waals surface area contributed by atoms with Gasteiger partial charge in [0.15, 0.2) is 0 Å². The Hall–Kier alpha value is -2.77. The van der Waals surface area contributed by atoms with Crippen molar-refractivity contribution >= 4 is 17.9 Å². The zero-order valence-electron chi connectivity index (χ0n) is 9.95. The molecule has 1 aromatic carbocycles. The van der Waals surface area contributed by atoms with Gasteiger partial charge in [0.05, 0.1) is 23.0 Å². The van der Waals surface area contributed by atoms with Crippen LogP contribution in [0.5, 0.6) is 0 Å². The Kier molecular flexibility index (Phi) is 3.23. The number of nitro groups is 1. The molecule has 0 amide bonds. The molecule has 7 nitrogen and oxygen atoms in total. The summed E-state index contributed by atoms with van der Waals surface area (Å²) in [7, 11) is 0. The van der Waals surface area contributed by atoms with Gasteiger partial charge in [0.2, 0.25) is 11.8 Å². The zero-order valence-corrected chi connectivity index (χ0v) is 9.95. The normalized spacial score (nSPS) is 11.1. The zero-order chi connectivity index (χ0) is 14.0. The molecule has 1 aromatic heterocycles. The second kappa shape index (κ2) is 4.84. The average molecular weight is 263 g/mol. The van der Waals surface area contributed by atoms with Gasteiger partial charge in [-0.2, -0.15) is 9.49 Å². The average Bonchev–Trinajstić information content (AvgIpc) is 2.65. The largest absolute Gasteiger partial charge is 0.368 e. The van der Waals surface area contributed by atoms with E-state index in [-0.39, 0.29) is 5.95 Å². The maximum atomic E-state index is 13.4. The van der Waals surface area contributed by atoms with E-state index in [4.69, 9.17) is 5.73 Å². The standard InChI is InChI=1S/C11H10FN5O2/c1-7-6-16(11(13)15-7)14-5-8-2-3-10(17(18)19)9(12)4-8/h2-6H,1H3,(H2,13,15). The molecule has 0 radical (unpaired) electrons. The van der Waals surface area contributed by atoms with Crippen LogP contribution in [0.15, 0.2) is 29.5 Å². The molecule has 2 N–H and O–H groups in total. The van der Waals surface area contributed by atoms with Gasteiger partial charge in [-0.3, -0.25) is 10.1 Å². The monoisotopic (exact) mass is 263 g/mol. The first-order valence-corrected chi connectivity index (χ1v) is 5.27. The molecule has 0 spiro atoms. The van der Waals surface area contributed by atoms with E-state index in [9.17, 15) is 14.5 Å². The Bertz CT molecular complexity index is 665. The van der Waals surface area contributed by atoms with E-state index >= 15 is 0 Å². The van der Waals surface area contributed by atoms with Crippen LogP contribution >= 0.6 is 0 Å². The number of nitrogens with two attached hydrogens (primary N) is 1. The van der Waals surface area contributed by atoms with Crippen LogP contribution in [0.4, 0.5) is 16.0 Å². The summed E-state index contributed by atoms with van der Waals surface area (Å²) in [5.41, 5.74) is 6.08. The molecule has 0 unspecified atom stereocenters. The minimum atomic E-state index is -0.913. The Morgan fingerprint density at radius 1 is 1.58 bits per heavy atom. The van der Waals surface area contributed by atoms with E-state index in [1.165, 1.54) is 17.0 Å². The van der Waals surface area contributed by atoms with Gasteiger partial charge < -0.3 is 5.73 Å². The third kappa shape index (κ3) is 2.73. The molecule has 2 aromatic rings. The second-order valence-corrected chi connectivity index (χ2v) is 3.80. The lowest BCUT2D eigenvalue weighted by Crippen LogP contribution is -1.98. The summed E-state index contributed by atoms with van der Waals surface area (Å²) in [5.74, 6) is -0.708. The van der Waals surface area contributed by atoms with Gasteiger partial charge in [-0.15, -0.1) is 0 Å². The number of anilines is 1. The number of hydrogen-bond acceptors (Lipinski definition) is 5. The smallest absolute Gasteiger partial charge is 0.304 e. The Labute approximate surface area is 107 Å². The van der Waals surface area contributed by atoms with Crippen LogP contribution in [0.25, 0.3) is 0 Å². The van der Waals surface area contributed by atoms with E-state index in [1.807, 2.05) is 0 Å². The lowest BCUT2D eigenvalue weighted by atomic mass is 10.2. The fraction of sp³-hybridized carbons (Fsp3) is 0.0909. The SMILES string of the molecule is Cc1cn(N=Cc2ccc([N+](=O)[O-])c(F)c2)c(N)n1. The topological polar surface area (TPSA) is 99.3 Å². The summed E-state index contributed by atoms with van der Waals surface area (Å²) in [6.07, 6.45) is 2.94. The highest BCUT2D eigenvalue weighted by Gasteiger charge is 2.12. The van der Waals surface area contributed by atoms with Crippen LogP contribution in [-0.4, -0.2) is 20.8 Å².